The molecule has 1 aromatic rings. The molecule has 7 heteroatoms. The summed E-state index contributed by atoms with van der Waals surface area (Å²) in [7, 11) is -2.55. The molecule has 0 radical (unpaired) electrons. The van der Waals surface area contributed by atoms with Gasteiger partial charge in [0.2, 0.25) is 10.0 Å². The van der Waals surface area contributed by atoms with Crippen molar-refractivity contribution in [1.82, 2.24) is 4.72 Å². The van der Waals surface area contributed by atoms with Gasteiger partial charge in [-0.3, -0.25) is 0 Å². The van der Waals surface area contributed by atoms with Gasteiger partial charge >= 0.3 is 0 Å². The third-order valence-corrected chi connectivity index (χ3v) is 4.11. The van der Waals surface area contributed by atoms with Crippen LogP contribution in [0, 0.1) is 11.7 Å². The van der Waals surface area contributed by atoms with Gasteiger partial charge in [-0.1, -0.05) is 13.8 Å². The molecule has 0 aliphatic rings. The van der Waals surface area contributed by atoms with E-state index >= 15 is 0 Å². The minimum absolute atomic E-state index is 0.0267. The topological polar surface area (TPSA) is 75.6 Å². The molecule has 0 aliphatic heterocycles. The van der Waals surface area contributed by atoms with Crippen molar-refractivity contribution in [2.75, 3.05) is 13.7 Å². The standard InChI is InChI=1S/C12H18FNO4S/c1-8(2)11(15)7-14-19(16,17)9-4-5-12(18-3)10(13)6-9/h4-6,8,11,14-15H,7H2,1-3H3. The molecule has 0 saturated heterocycles. The van der Waals surface area contributed by atoms with E-state index in [1.165, 1.54) is 19.2 Å². The first-order chi connectivity index (χ1) is 8.77. The number of hydrogen-bond donors (Lipinski definition) is 2. The zero-order chi connectivity index (χ0) is 14.6. The normalized spacial score (nSPS) is 13.6. The number of methoxy groups -OCH3 is 1. The maximum atomic E-state index is 13.4. The van der Waals surface area contributed by atoms with Crippen molar-refractivity contribution in [3.63, 3.8) is 0 Å². The Balaban J connectivity index is 2.86. The number of aliphatic hydroxyl groups is 1. The molecular formula is C12H18FNO4S. The highest BCUT2D eigenvalue weighted by molar-refractivity contribution is 7.89. The van der Waals surface area contributed by atoms with Crippen LogP contribution >= 0.6 is 0 Å². The maximum Gasteiger partial charge on any atom is 0.240 e. The van der Waals surface area contributed by atoms with Crippen LogP contribution < -0.4 is 9.46 Å². The Labute approximate surface area is 112 Å². The highest BCUT2D eigenvalue weighted by Gasteiger charge is 2.19. The van der Waals surface area contributed by atoms with Gasteiger partial charge in [0.15, 0.2) is 11.6 Å². The summed E-state index contributed by atoms with van der Waals surface area (Å²) in [5, 5.41) is 9.55. The van der Waals surface area contributed by atoms with Crippen LogP contribution in [-0.2, 0) is 10.0 Å². The fourth-order valence-electron chi connectivity index (χ4n) is 1.33. The molecule has 0 aromatic heterocycles. The number of aliphatic hydroxyl groups excluding tert-OH is 1. The lowest BCUT2D eigenvalue weighted by atomic mass is 10.1. The molecule has 1 aromatic carbocycles. The smallest absolute Gasteiger partial charge is 0.240 e. The second-order valence-corrected chi connectivity index (χ2v) is 6.23. The SMILES string of the molecule is COc1ccc(S(=O)(=O)NCC(O)C(C)C)cc1F. The molecule has 108 valence electrons. The maximum absolute atomic E-state index is 13.4. The predicted molar refractivity (Wildman–Crippen MR) is 69.0 cm³/mol. The van der Waals surface area contributed by atoms with Gasteiger partial charge in [0, 0.05) is 6.54 Å². The minimum Gasteiger partial charge on any atom is -0.494 e. The third kappa shape index (κ3) is 4.15. The first-order valence-electron chi connectivity index (χ1n) is 5.79. The van der Waals surface area contributed by atoms with Crippen molar-refractivity contribution < 1.29 is 22.7 Å². The summed E-state index contributed by atoms with van der Waals surface area (Å²) in [6.07, 6.45) is -0.794. The van der Waals surface area contributed by atoms with Crippen LogP contribution in [0.25, 0.3) is 0 Å². The monoisotopic (exact) mass is 291 g/mol. The van der Waals surface area contributed by atoms with Gasteiger partial charge in [-0.25, -0.2) is 17.5 Å². The molecule has 0 fully saturated rings. The van der Waals surface area contributed by atoms with Crippen molar-refractivity contribution in [3.8, 4) is 5.75 Å². The highest BCUT2D eigenvalue weighted by Crippen LogP contribution is 2.20. The van der Waals surface area contributed by atoms with E-state index in [0.717, 1.165) is 6.07 Å². The molecule has 0 saturated carbocycles. The Kier molecular flexibility index (Phi) is 5.28. The highest BCUT2D eigenvalue weighted by atomic mass is 32.2. The fraction of sp³-hybridized carbons (Fsp3) is 0.500. The van der Waals surface area contributed by atoms with Crippen LogP contribution in [0.3, 0.4) is 0 Å². The Morgan fingerprint density at radius 3 is 2.53 bits per heavy atom. The first kappa shape index (κ1) is 15.9. The molecular weight excluding hydrogens is 273 g/mol. The lowest BCUT2D eigenvalue weighted by Crippen LogP contribution is -2.34. The van der Waals surface area contributed by atoms with Crippen LogP contribution in [0.15, 0.2) is 23.1 Å². The van der Waals surface area contributed by atoms with Crippen LogP contribution in [0.4, 0.5) is 4.39 Å². The van der Waals surface area contributed by atoms with E-state index in [-0.39, 0.29) is 23.1 Å². The third-order valence-electron chi connectivity index (χ3n) is 2.69. The summed E-state index contributed by atoms with van der Waals surface area (Å²) in [5.74, 6) is -0.855. The summed E-state index contributed by atoms with van der Waals surface area (Å²) in [6, 6.07) is 3.36. The van der Waals surface area contributed by atoms with Gasteiger partial charge in [0.1, 0.15) is 0 Å². The summed E-state index contributed by atoms with van der Waals surface area (Å²) in [6.45, 7) is 3.42. The van der Waals surface area contributed by atoms with Gasteiger partial charge in [-0.2, -0.15) is 0 Å². The van der Waals surface area contributed by atoms with Crippen LogP contribution in [0.5, 0.6) is 5.75 Å². The lowest BCUT2D eigenvalue weighted by Gasteiger charge is -2.15. The van der Waals surface area contributed by atoms with Crippen molar-refractivity contribution in [2.24, 2.45) is 5.92 Å². The van der Waals surface area contributed by atoms with E-state index in [0.29, 0.717) is 0 Å². The van der Waals surface area contributed by atoms with E-state index in [9.17, 15) is 17.9 Å². The zero-order valence-corrected chi connectivity index (χ0v) is 11.9. The van der Waals surface area contributed by atoms with Crippen LogP contribution in [0.2, 0.25) is 0 Å². The molecule has 1 atom stereocenters. The van der Waals surface area contributed by atoms with Crippen LogP contribution in [-0.4, -0.2) is 33.3 Å². The van der Waals surface area contributed by atoms with E-state index in [2.05, 4.69) is 4.72 Å². The van der Waals surface area contributed by atoms with Crippen LogP contribution in [0.1, 0.15) is 13.8 Å². The Morgan fingerprint density at radius 1 is 1.42 bits per heavy atom. The Hall–Kier alpha value is -1.18. The number of rotatable bonds is 6. The Morgan fingerprint density at radius 2 is 2.05 bits per heavy atom. The summed E-state index contributed by atoms with van der Waals surface area (Å²) >= 11 is 0. The summed E-state index contributed by atoms with van der Waals surface area (Å²) in [4.78, 5) is -0.207. The quantitative estimate of drug-likeness (QED) is 0.824. The fourth-order valence-corrected chi connectivity index (χ4v) is 2.39. The van der Waals surface area contributed by atoms with Gasteiger partial charge in [0.05, 0.1) is 18.1 Å². The molecule has 5 nitrogen and oxygen atoms in total. The van der Waals surface area contributed by atoms with Gasteiger partial charge in [-0.05, 0) is 24.1 Å². The lowest BCUT2D eigenvalue weighted by molar-refractivity contribution is 0.129. The average molecular weight is 291 g/mol. The molecule has 0 heterocycles. The number of sulfonamides is 1. The van der Waals surface area contributed by atoms with E-state index in [1.807, 2.05) is 0 Å². The second-order valence-electron chi connectivity index (χ2n) is 4.46. The molecule has 0 bridgehead atoms. The predicted octanol–water partition coefficient (Wildman–Crippen LogP) is 1.13. The number of ether oxygens (including phenoxy) is 1. The van der Waals surface area contributed by atoms with Crippen molar-refractivity contribution >= 4 is 10.0 Å². The van der Waals surface area contributed by atoms with Gasteiger partial charge in [0.25, 0.3) is 0 Å². The molecule has 0 spiro atoms. The number of benzene rings is 1. The second kappa shape index (κ2) is 6.31. The van der Waals surface area contributed by atoms with Crippen molar-refractivity contribution in [3.05, 3.63) is 24.0 Å². The Bertz CT molecular complexity index is 531. The largest absolute Gasteiger partial charge is 0.494 e. The van der Waals surface area contributed by atoms with Gasteiger partial charge in [-0.15, -0.1) is 0 Å². The average Bonchev–Trinajstić information content (AvgIpc) is 2.35. The minimum atomic E-state index is -3.84. The first-order valence-corrected chi connectivity index (χ1v) is 7.27. The number of hydrogen-bond acceptors (Lipinski definition) is 4. The summed E-state index contributed by atoms with van der Waals surface area (Å²) < 4.78 is 44.2. The molecule has 2 N–H and O–H groups in total. The van der Waals surface area contributed by atoms with Gasteiger partial charge < -0.3 is 9.84 Å². The molecule has 19 heavy (non-hydrogen) atoms. The van der Waals surface area contributed by atoms with E-state index in [1.54, 1.807) is 13.8 Å². The van der Waals surface area contributed by atoms with E-state index in [4.69, 9.17) is 4.74 Å². The molecule has 1 rings (SSSR count). The molecule has 0 amide bonds. The molecule has 1 unspecified atom stereocenters. The number of nitrogens with one attached hydrogen (secondary N) is 1. The molecule has 0 aliphatic carbocycles. The zero-order valence-electron chi connectivity index (χ0n) is 11.1. The van der Waals surface area contributed by atoms with Crippen molar-refractivity contribution in [2.45, 2.75) is 24.8 Å². The van der Waals surface area contributed by atoms with Crippen molar-refractivity contribution in [1.29, 1.82) is 0 Å². The van der Waals surface area contributed by atoms with E-state index < -0.39 is 21.9 Å². The summed E-state index contributed by atoms with van der Waals surface area (Å²) in [5.41, 5.74) is 0. The number of halogens is 1.